The molecule has 0 aromatic heterocycles. The molecule has 23 heavy (non-hydrogen) atoms. The molecule has 0 saturated heterocycles. The number of benzene rings is 2. The summed E-state index contributed by atoms with van der Waals surface area (Å²) in [4.78, 5) is 0.133. The first-order chi connectivity index (χ1) is 10.9. The van der Waals surface area contributed by atoms with Crippen molar-refractivity contribution in [2.24, 2.45) is 0 Å². The summed E-state index contributed by atoms with van der Waals surface area (Å²) in [6, 6.07) is 11.9. The summed E-state index contributed by atoms with van der Waals surface area (Å²) in [5.74, 6) is 0.858. The van der Waals surface area contributed by atoms with Crippen molar-refractivity contribution in [3.63, 3.8) is 0 Å². The van der Waals surface area contributed by atoms with Crippen molar-refractivity contribution in [1.82, 2.24) is 4.72 Å². The summed E-state index contributed by atoms with van der Waals surface area (Å²) < 4.78 is 38.0. The highest BCUT2D eigenvalue weighted by atomic mass is 32.2. The second-order valence-corrected chi connectivity index (χ2v) is 6.98. The van der Waals surface area contributed by atoms with Gasteiger partial charge < -0.3 is 9.47 Å². The van der Waals surface area contributed by atoms with Crippen LogP contribution in [-0.4, -0.2) is 22.6 Å². The molecule has 0 radical (unpaired) electrons. The van der Waals surface area contributed by atoms with Gasteiger partial charge in [-0.15, -0.1) is 0 Å². The first-order valence-corrected chi connectivity index (χ1v) is 8.66. The fourth-order valence-corrected chi connectivity index (χ4v) is 3.45. The number of rotatable bonds is 6. The molecule has 2 aromatic rings. The van der Waals surface area contributed by atoms with Gasteiger partial charge in [0.05, 0.1) is 19.1 Å². The maximum absolute atomic E-state index is 12.5. The molecule has 1 N–H and O–H groups in total. The zero-order valence-electron chi connectivity index (χ0n) is 13.7. The lowest BCUT2D eigenvalue weighted by molar-refractivity contribution is 0.354. The van der Waals surface area contributed by atoms with Gasteiger partial charge in [-0.2, -0.15) is 0 Å². The molecule has 0 aliphatic heterocycles. The fraction of sp³-hybridized carbons (Fsp3) is 0.294. The van der Waals surface area contributed by atoms with Crippen LogP contribution in [0.25, 0.3) is 0 Å². The lowest BCUT2D eigenvalue weighted by Gasteiger charge is -2.16. The normalized spacial score (nSPS) is 12.7. The molecule has 0 heterocycles. The zero-order chi connectivity index (χ0) is 17.0. The van der Waals surface area contributed by atoms with Crippen LogP contribution in [-0.2, 0) is 10.0 Å². The van der Waals surface area contributed by atoms with Crippen molar-refractivity contribution in [3.05, 3.63) is 53.6 Å². The van der Waals surface area contributed by atoms with Gasteiger partial charge in [0, 0.05) is 12.1 Å². The lowest BCUT2D eigenvalue weighted by atomic mass is 10.1. The van der Waals surface area contributed by atoms with Crippen LogP contribution in [0.2, 0.25) is 0 Å². The molecule has 0 spiro atoms. The Labute approximate surface area is 137 Å². The summed E-state index contributed by atoms with van der Waals surface area (Å²) in [5, 5.41) is 0. The Balaban J connectivity index is 2.26. The second kappa shape index (κ2) is 7.02. The minimum Gasteiger partial charge on any atom is -0.493 e. The molecule has 0 bridgehead atoms. The average molecular weight is 335 g/mol. The maximum Gasteiger partial charge on any atom is 0.241 e. The quantitative estimate of drug-likeness (QED) is 0.881. The van der Waals surface area contributed by atoms with Gasteiger partial charge in [0.25, 0.3) is 0 Å². The molecule has 1 atom stereocenters. The van der Waals surface area contributed by atoms with Crippen LogP contribution >= 0.6 is 0 Å². The Morgan fingerprint density at radius 3 is 2.13 bits per heavy atom. The van der Waals surface area contributed by atoms with Gasteiger partial charge in [0.2, 0.25) is 10.0 Å². The molecular weight excluding hydrogens is 314 g/mol. The molecular formula is C17H21NO4S. The van der Waals surface area contributed by atoms with Crippen molar-refractivity contribution >= 4 is 10.0 Å². The summed E-state index contributed by atoms with van der Waals surface area (Å²) >= 11 is 0. The van der Waals surface area contributed by atoms with Crippen LogP contribution in [0.3, 0.4) is 0 Å². The predicted octanol–water partition coefficient (Wildman–Crippen LogP) is 3.05. The van der Waals surface area contributed by atoms with Crippen LogP contribution in [0, 0.1) is 6.92 Å². The number of methoxy groups -OCH3 is 2. The molecule has 0 aliphatic carbocycles. The summed E-state index contributed by atoms with van der Waals surface area (Å²) in [7, 11) is -0.688. The number of hydrogen-bond acceptors (Lipinski definition) is 4. The topological polar surface area (TPSA) is 64.6 Å². The molecule has 0 amide bonds. The minimum absolute atomic E-state index is 0.133. The smallest absolute Gasteiger partial charge is 0.241 e. The van der Waals surface area contributed by atoms with Crippen molar-refractivity contribution in [2.45, 2.75) is 24.8 Å². The first-order valence-electron chi connectivity index (χ1n) is 7.18. The Kier molecular flexibility index (Phi) is 5.28. The van der Waals surface area contributed by atoms with Gasteiger partial charge in [-0.1, -0.05) is 29.8 Å². The maximum atomic E-state index is 12.5. The Hall–Kier alpha value is -2.05. The van der Waals surface area contributed by atoms with E-state index in [9.17, 15) is 8.42 Å². The van der Waals surface area contributed by atoms with E-state index in [0.717, 1.165) is 11.1 Å². The minimum atomic E-state index is -3.66. The number of aryl methyl sites for hydroxylation is 1. The van der Waals surface area contributed by atoms with Gasteiger partial charge in [0.1, 0.15) is 0 Å². The SMILES string of the molecule is COc1ccc(S(=O)(=O)NC(C)c2ccc(C)cc2)cc1OC. The third-order valence-corrected chi connectivity index (χ3v) is 5.11. The van der Waals surface area contributed by atoms with E-state index in [1.165, 1.54) is 26.4 Å². The highest BCUT2D eigenvalue weighted by Crippen LogP contribution is 2.29. The van der Waals surface area contributed by atoms with Gasteiger partial charge in [-0.3, -0.25) is 0 Å². The van der Waals surface area contributed by atoms with E-state index >= 15 is 0 Å². The number of ether oxygens (including phenoxy) is 2. The van der Waals surface area contributed by atoms with Gasteiger partial charge in [-0.25, -0.2) is 13.1 Å². The average Bonchev–Trinajstić information content (AvgIpc) is 2.54. The van der Waals surface area contributed by atoms with Crippen LogP contribution in [0.4, 0.5) is 0 Å². The fourth-order valence-electron chi connectivity index (χ4n) is 2.21. The van der Waals surface area contributed by atoms with Crippen LogP contribution < -0.4 is 14.2 Å². The Morgan fingerprint density at radius 2 is 1.57 bits per heavy atom. The monoisotopic (exact) mass is 335 g/mol. The molecule has 5 nitrogen and oxygen atoms in total. The molecule has 2 rings (SSSR count). The predicted molar refractivity (Wildman–Crippen MR) is 89.5 cm³/mol. The molecule has 1 unspecified atom stereocenters. The van der Waals surface area contributed by atoms with E-state index in [-0.39, 0.29) is 10.9 Å². The van der Waals surface area contributed by atoms with Crippen molar-refractivity contribution in [2.75, 3.05) is 14.2 Å². The van der Waals surface area contributed by atoms with E-state index in [1.54, 1.807) is 6.07 Å². The van der Waals surface area contributed by atoms with E-state index in [2.05, 4.69) is 4.72 Å². The van der Waals surface area contributed by atoms with Gasteiger partial charge >= 0.3 is 0 Å². The van der Waals surface area contributed by atoms with Gasteiger partial charge in [-0.05, 0) is 31.5 Å². The molecule has 2 aromatic carbocycles. The van der Waals surface area contributed by atoms with Crippen molar-refractivity contribution in [1.29, 1.82) is 0 Å². The summed E-state index contributed by atoms with van der Waals surface area (Å²) in [5.41, 5.74) is 2.03. The van der Waals surface area contributed by atoms with Crippen LogP contribution in [0.1, 0.15) is 24.1 Å². The molecule has 6 heteroatoms. The Morgan fingerprint density at radius 1 is 0.957 bits per heavy atom. The van der Waals surface area contributed by atoms with Gasteiger partial charge in [0.15, 0.2) is 11.5 Å². The van der Waals surface area contributed by atoms with Crippen molar-refractivity contribution < 1.29 is 17.9 Å². The number of sulfonamides is 1. The number of nitrogens with one attached hydrogen (secondary N) is 1. The highest BCUT2D eigenvalue weighted by molar-refractivity contribution is 7.89. The van der Waals surface area contributed by atoms with Crippen LogP contribution in [0.5, 0.6) is 11.5 Å². The summed E-state index contributed by atoms with van der Waals surface area (Å²) in [6.07, 6.45) is 0. The molecule has 0 aliphatic rings. The van der Waals surface area contributed by atoms with E-state index in [0.29, 0.717) is 11.5 Å². The third-order valence-electron chi connectivity index (χ3n) is 3.57. The van der Waals surface area contributed by atoms with E-state index < -0.39 is 10.0 Å². The van der Waals surface area contributed by atoms with E-state index in [4.69, 9.17) is 9.47 Å². The molecule has 0 fully saturated rings. The first kappa shape index (κ1) is 17.3. The summed E-state index contributed by atoms with van der Waals surface area (Å²) in [6.45, 7) is 3.80. The second-order valence-electron chi connectivity index (χ2n) is 5.27. The highest BCUT2D eigenvalue weighted by Gasteiger charge is 2.20. The molecule has 0 saturated carbocycles. The Bertz CT molecular complexity index is 770. The van der Waals surface area contributed by atoms with Crippen molar-refractivity contribution in [3.8, 4) is 11.5 Å². The lowest BCUT2D eigenvalue weighted by Crippen LogP contribution is -2.26. The largest absolute Gasteiger partial charge is 0.493 e. The zero-order valence-corrected chi connectivity index (χ0v) is 14.5. The van der Waals surface area contributed by atoms with Crippen LogP contribution in [0.15, 0.2) is 47.4 Å². The standard InChI is InChI=1S/C17H21NO4S/c1-12-5-7-14(8-6-12)13(2)18-23(19,20)15-9-10-16(21-3)17(11-15)22-4/h5-11,13,18H,1-4H3. The third kappa shape index (κ3) is 4.03. The van der Waals surface area contributed by atoms with E-state index in [1.807, 2.05) is 38.1 Å². The molecule has 124 valence electrons. The number of hydrogen-bond donors (Lipinski definition) is 1.